The Morgan fingerprint density at radius 1 is 0.810 bits per heavy atom. The van der Waals surface area contributed by atoms with Crippen LogP contribution in [0, 0.1) is 12.8 Å². The van der Waals surface area contributed by atoms with Crippen molar-refractivity contribution < 1.29 is 14.4 Å². The van der Waals surface area contributed by atoms with Gasteiger partial charge >= 0.3 is 0 Å². The molecule has 0 unspecified atom stereocenters. The summed E-state index contributed by atoms with van der Waals surface area (Å²) in [7, 11) is 0. The summed E-state index contributed by atoms with van der Waals surface area (Å²) in [5.74, 6) is -1.77. The number of carbonyl (C=O) groups is 3. The fourth-order valence-corrected chi connectivity index (χ4v) is 4.77. The van der Waals surface area contributed by atoms with Gasteiger partial charge in [-0.15, -0.1) is 0 Å². The lowest BCUT2D eigenvalue weighted by Gasteiger charge is -2.27. The minimum Gasteiger partial charge on any atom is -0.370 e. The van der Waals surface area contributed by atoms with Gasteiger partial charge in [0.05, 0.1) is 6.04 Å². The van der Waals surface area contributed by atoms with E-state index >= 15 is 0 Å². The van der Waals surface area contributed by atoms with E-state index in [9.17, 15) is 14.4 Å². The van der Waals surface area contributed by atoms with Crippen LogP contribution in [0.1, 0.15) is 55.2 Å². The molecule has 0 radical (unpaired) electrons. The van der Waals surface area contributed by atoms with E-state index in [2.05, 4.69) is 15.6 Å². The summed E-state index contributed by atoms with van der Waals surface area (Å²) in [5.41, 5.74) is 31.5. The van der Waals surface area contributed by atoms with Crippen molar-refractivity contribution in [3.05, 3.63) is 71.3 Å². The number of aliphatic imine (C=N–C) groups is 1. The maximum Gasteiger partial charge on any atom is 0.239 e. The highest BCUT2D eigenvalue weighted by Crippen LogP contribution is 2.19. The highest BCUT2D eigenvalue weighted by Gasteiger charge is 2.28. The van der Waals surface area contributed by atoms with E-state index in [1.807, 2.05) is 61.5 Å². The van der Waals surface area contributed by atoms with Crippen LogP contribution in [0.3, 0.4) is 0 Å². The summed E-state index contributed by atoms with van der Waals surface area (Å²) in [4.78, 5) is 43.0. The topological polar surface area (TPSA) is 218 Å². The highest BCUT2D eigenvalue weighted by molar-refractivity contribution is 5.88. The van der Waals surface area contributed by atoms with Crippen LogP contribution in [0.4, 0.5) is 0 Å². The number of guanidine groups is 1. The first-order valence-electron chi connectivity index (χ1n) is 14.6. The fourth-order valence-electron chi connectivity index (χ4n) is 4.77. The molecule has 3 amide bonds. The molecule has 4 atom stereocenters. The summed E-state index contributed by atoms with van der Waals surface area (Å²) >= 11 is 0. The van der Waals surface area contributed by atoms with E-state index in [0.717, 1.165) is 23.1 Å². The first-order chi connectivity index (χ1) is 20.1. The Bertz CT molecular complexity index is 1140. The number of hydrogen-bond acceptors (Lipinski definition) is 6. The van der Waals surface area contributed by atoms with Gasteiger partial charge in [0.25, 0.3) is 0 Å². The van der Waals surface area contributed by atoms with Crippen molar-refractivity contribution in [2.24, 2.45) is 39.6 Å². The van der Waals surface area contributed by atoms with Crippen molar-refractivity contribution in [1.82, 2.24) is 10.6 Å². The lowest BCUT2D eigenvalue weighted by molar-refractivity contribution is -0.130. The number of unbranched alkanes of at least 4 members (excludes halogenated alkanes) is 1. The van der Waals surface area contributed by atoms with Crippen molar-refractivity contribution >= 4 is 23.7 Å². The van der Waals surface area contributed by atoms with E-state index in [1.54, 1.807) is 0 Å². The number of nitrogens with zero attached hydrogens (tertiary/aromatic N) is 1. The normalized spacial score (nSPS) is 13.8. The standard InChI is InChI=1S/C31H48N8O3/c1-21-12-14-23(15-13-21)18-24(29(41)39-27(28(34)40)11-5-6-16-32)20-25(10-7-17-37-31(35)36)38-30(42)26(33)19-22-8-3-2-4-9-22/h2-4,8-9,12-15,24-27H,5-7,10-11,16-20,32-33H2,1H3,(H2,34,40)(H,38,42)(H,39,41)(H4,35,36,37)/t24-,25+,26-,27-/m0/s1. The van der Waals surface area contributed by atoms with Gasteiger partial charge in [0.2, 0.25) is 17.7 Å². The maximum atomic E-state index is 13.6. The van der Waals surface area contributed by atoms with Gasteiger partial charge < -0.3 is 39.3 Å². The first-order valence-corrected chi connectivity index (χ1v) is 14.6. The van der Waals surface area contributed by atoms with Crippen LogP contribution in [0.25, 0.3) is 0 Å². The number of benzene rings is 2. The molecule has 0 saturated heterocycles. The number of aryl methyl sites for hydroxylation is 1. The van der Waals surface area contributed by atoms with Crippen molar-refractivity contribution in [1.29, 1.82) is 0 Å². The zero-order valence-electron chi connectivity index (χ0n) is 24.6. The largest absolute Gasteiger partial charge is 0.370 e. The first kappa shape index (κ1) is 34.2. The smallest absolute Gasteiger partial charge is 0.239 e. The van der Waals surface area contributed by atoms with Crippen molar-refractivity contribution in [2.45, 2.75) is 76.4 Å². The van der Waals surface area contributed by atoms with Crippen molar-refractivity contribution in [2.75, 3.05) is 13.1 Å². The molecule has 2 rings (SSSR count). The Morgan fingerprint density at radius 3 is 2.10 bits per heavy atom. The molecule has 0 bridgehead atoms. The number of amides is 3. The molecule has 0 fully saturated rings. The summed E-state index contributed by atoms with van der Waals surface area (Å²) in [6.07, 6.45) is 4.00. The number of primary amides is 1. The van der Waals surface area contributed by atoms with Gasteiger partial charge in [-0.25, -0.2) is 0 Å². The Morgan fingerprint density at radius 2 is 1.48 bits per heavy atom. The third-order valence-electron chi connectivity index (χ3n) is 7.14. The highest BCUT2D eigenvalue weighted by atomic mass is 16.2. The summed E-state index contributed by atoms with van der Waals surface area (Å²) in [6, 6.07) is 15.5. The summed E-state index contributed by atoms with van der Waals surface area (Å²) in [6.45, 7) is 2.86. The molecular formula is C31H48N8O3. The molecule has 0 aliphatic carbocycles. The van der Waals surface area contributed by atoms with Crippen molar-refractivity contribution in [3.8, 4) is 0 Å². The zero-order chi connectivity index (χ0) is 30.9. The fraction of sp³-hybridized carbons (Fsp3) is 0.484. The van der Waals surface area contributed by atoms with Gasteiger partial charge in [0.15, 0.2) is 5.96 Å². The number of nitrogens with one attached hydrogen (secondary N) is 2. The Balaban J connectivity index is 2.25. The minimum atomic E-state index is -0.807. The van der Waals surface area contributed by atoms with Crippen molar-refractivity contribution in [3.63, 3.8) is 0 Å². The molecule has 0 saturated carbocycles. The third kappa shape index (κ3) is 13.1. The van der Waals surface area contributed by atoms with Gasteiger partial charge in [-0.2, -0.15) is 0 Å². The van der Waals surface area contributed by atoms with Crippen LogP contribution in [0.15, 0.2) is 59.6 Å². The lowest BCUT2D eigenvalue weighted by atomic mass is 9.89. The minimum absolute atomic E-state index is 0.00998. The second-order valence-corrected chi connectivity index (χ2v) is 10.8. The van der Waals surface area contributed by atoms with E-state index < -0.39 is 23.9 Å². The molecule has 230 valence electrons. The molecular weight excluding hydrogens is 532 g/mol. The molecule has 42 heavy (non-hydrogen) atoms. The lowest BCUT2D eigenvalue weighted by Crippen LogP contribution is -2.50. The zero-order valence-corrected chi connectivity index (χ0v) is 24.6. The molecule has 0 aliphatic rings. The maximum absolute atomic E-state index is 13.6. The Kier molecular flexibility index (Phi) is 15.1. The average molecular weight is 581 g/mol. The molecule has 0 aromatic heterocycles. The SMILES string of the molecule is Cc1ccc(C[C@@H](C[C@@H](CCCN=C(N)N)NC(=O)[C@@H](N)Cc2ccccc2)C(=O)N[C@@H](CCCCN)C(N)=O)cc1. The van der Waals surface area contributed by atoms with Crippen LogP contribution in [-0.4, -0.2) is 54.9 Å². The Labute approximate surface area is 249 Å². The molecule has 0 spiro atoms. The predicted molar refractivity (Wildman–Crippen MR) is 167 cm³/mol. The van der Waals surface area contributed by atoms with Crippen LogP contribution in [0.2, 0.25) is 0 Å². The monoisotopic (exact) mass is 580 g/mol. The second-order valence-electron chi connectivity index (χ2n) is 10.8. The summed E-state index contributed by atoms with van der Waals surface area (Å²) < 4.78 is 0. The number of hydrogen-bond donors (Lipinski definition) is 7. The number of carbonyl (C=O) groups excluding carboxylic acids is 3. The van der Waals surface area contributed by atoms with Gasteiger partial charge in [-0.1, -0.05) is 60.2 Å². The third-order valence-corrected chi connectivity index (χ3v) is 7.14. The van der Waals surface area contributed by atoms with Gasteiger partial charge in [0.1, 0.15) is 6.04 Å². The van der Waals surface area contributed by atoms with Gasteiger partial charge in [-0.3, -0.25) is 19.4 Å². The van der Waals surface area contributed by atoms with E-state index in [4.69, 9.17) is 28.7 Å². The Hall–Kier alpha value is -3.96. The molecule has 0 heterocycles. The molecule has 11 nitrogen and oxygen atoms in total. The number of nitrogens with two attached hydrogens (primary N) is 5. The van der Waals surface area contributed by atoms with Crippen LogP contribution >= 0.6 is 0 Å². The van der Waals surface area contributed by atoms with Gasteiger partial charge in [-0.05, 0) is 76.0 Å². The van der Waals surface area contributed by atoms with E-state index in [1.165, 1.54) is 0 Å². The molecule has 0 aliphatic heterocycles. The van der Waals surface area contributed by atoms with Crippen LogP contribution in [-0.2, 0) is 27.2 Å². The van der Waals surface area contributed by atoms with Gasteiger partial charge in [0, 0.05) is 18.5 Å². The second kappa shape index (κ2) is 18.5. The predicted octanol–water partition coefficient (Wildman–Crippen LogP) is 0.751. The quantitative estimate of drug-likeness (QED) is 0.0717. The molecule has 2 aromatic rings. The average Bonchev–Trinajstić information content (AvgIpc) is 2.95. The summed E-state index contributed by atoms with van der Waals surface area (Å²) in [5, 5.41) is 5.92. The molecule has 12 N–H and O–H groups in total. The molecule has 2 aromatic carbocycles. The van der Waals surface area contributed by atoms with E-state index in [0.29, 0.717) is 58.0 Å². The number of rotatable bonds is 19. The molecule has 11 heteroatoms. The van der Waals surface area contributed by atoms with Crippen LogP contribution in [0.5, 0.6) is 0 Å². The van der Waals surface area contributed by atoms with Crippen LogP contribution < -0.4 is 39.3 Å². The van der Waals surface area contributed by atoms with E-state index in [-0.39, 0.29) is 23.8 Å².